The van der Waals surface area contributed by atoms with E-state index in [0.29, 0.717) is 6.10 Å². The normalized spacial score (nSPS) is 21.2. The van der Waals surface area contributed by atoms with Crippen molar-refractivity contribution >= 4 is 11.8 Å². The summed E-state index contributed by atoms with van der Waals surface area (Å²) in [6.45, 7) is 0.877. The van der Waals surface area contributed by atoms with E-state index in [9.17, 15) is 0 Å². The van der Waals surface area contributed by atoms with Gasteiger partial charge in [0, 0.05) is 5.75 Å². The molecule has 1 aliphatic rings. The molecule has 13 heavy (non-hydrogen) atoms. The molecule has 0 saturated heterocycles. The van der Waals surface area contributed by atoms with E-state index in [1.165, 1.54) is 11.1 Å². The summed E-state index contributed by atoms with van der Waals surface area (Å²) in [7, 11) is 0. The van der Waals surface area contributed by atoms with Crippen molar-refractivity contribution in [2.75, 3.05) is 18.6 Å². The summed E-state index contributed by atoms with van der Waals surface area (Å²) < 4.78 is 5.72. The van der Waals surface area contributed by atoms with Crippen molar-refractivity contribution < 1.29 is 4.74 Å². The lowest BCUT2D eigenvalue weighted by Gasteiger charge is -2.25. The molecule has 0 saturated carbocycles. The molecule has 1 nitrogen and oxygen atoms in total. The number of rotatable bonds is 2. The molecule has 0 aliphatic carbocycles. The molecule has 1 aromatic carbocycles. The van der Waals surface area contributed by atoms with E-state index in [-0.39, 0.29) is 0 Å². The third-order valence-corrected chi connectivity index (χ3v) is 3.05. The minimum Gasteiger partial charge on any atom is -0.372 e. The van der Waals surface area contributed by atoms with Gasteiger partial charge in [-0.05, 0) is 23.8 Å². The van der Waals surface area contributed by atoms with Crippen LogP contribution in [0.4, 0.5) is 0 Å². The lowest BCUT2D eigenvalue weighted by Crippen LogP contribution is -2.17. The van der Waals surface area contributed by atoms with Crippen molar-refractivity contribution in [1.29, 1.82) is 0 Å². The molecule has 0 aromatic heterocycles. The fraction of sp³-hybridized carbons (Fsp3) is 0.455. The molecular formula is C11H14OS. The predicted molar refractivity (Wildman–Crippen MR) is 57.2 cm³/mol. The maximum absolute atomic E-state index is 5.72. The zero-order valence-electron chi connectivity index (χ0n) is 7.82. The summed E-state index contributed by atoms with van der Waals surface area (Å²) in [5, 5.41) is 0. The molecule has 0 spiro atoms. The highest BCUT2D eigenvalue weighted by Crippen LogP contribution is 2.28. The highest BCUT2D eigenvalue weighted by Gasteiger charge is 2.19. The maximum atomic E-state index is 5.72. The second-order valence-corrected chi connectivity index (χ2v) is 4.17. The largest absolute Gasteiger partial charge is 0.372 e. The second kappa shape index (κ2) is 4.16. The van der Waals surface area contributed by atoms with Crippen LogP contribution in [0.5, 0.6) is 0 Å². The van der Waals surface area contributed by atoms with Gasteiger partial charge in [0.25, 0.3) is 0 Å². The van der Waals surface area contributed by atoms with Crippen LogP contribution in [0, 0.1) is 0 Å². The van der Waals surface area contributed by atoms with Gasteiger partial charge < -0.3 is 4.74 Å². The molecule has 1 aliphatic heterocycles. The summed E-state index contributed by atoms with van der Waals surface area (Å²) in [6, 6.07) is 8.61. The summed E-state index contributed by atoms with van der Waals surface area (Å²) in [5.41, 5.74) is 2.86. The van der Waals surface area contributed by atoms with Crippen molar-refractivity contribution in [3.8, 4) is 0 Å². The smallest absolute Gasteiger partial charge is 0.0917 e. The molecule has 1 unspecified atom stereocenters. The molecule has 0 N–H and O–H groups in total. The van der Waals surface area contributed by atoms with Gasteiger partial charge in [-0.3, -0.25) is 0 Å². The van der Waals surface area contributed by atoms with E-state index in [1.54, 1.807) is 0 Å². The number of hydrogen-bond acceptors (Lipinski definition) is 2. The molecular weight excluding hydrogens is 180 g/mol. The fourth-order valence-corrected chi connectivity index (χ4v) is 2.34. The van der Waals surface area contributed by atoms with Crippen molar-refractivity contribution in [1.82, 2.24) is 0 Å². The Labute approximate surface area is 83.5 Å². The van der Waals surface area contributed by atoms with Crippen LogP contribution in [0.2, 0.25) is 0 Å². The van der Waals surface area contributed by atoms with E-state index in [1.807, 2.05) is 11.8 Å². The molecule has 0 bridgehead atoms. The Balaban J connectivity index is 2.26. The first-order valence-corrected chi connectivity index (χ1v) is 5.99. The Hall–Kier alpha value is -0.470. The van der Waals surface area contributed by atoms with Crippen molar-refractivity contribution in [3.63, 3.8) is 0 Å². The Morgan fingerprint density at radius 3 is 3.15 bits per heavy atom. The van der Waals surface area contributed by atoms with E-state index < -0.39 is 0 Å². The third-order valence-electron chi connectivity index (χ3n) is 2.41. The van der Waals surface area contributed by atoms with Crippen LogP contribution in [0.25, 0.3) is 0 Å². The zero-order valence-corrected chi connectivity index (χ0v) is 8.64. The SMILES string of the molecule is CSCC1OCCc2ccccc21. The average Bonchev–Trinajstić information content (AvgIpc) is 2.19. The monoisotopic (exact) mass is 194 g/mol. The summed E-state index contributed by atoms with van der Waals surface area (Å²) in [5.74, 6) is 1.07. The molecule has 70 valence electrons. The molecule has 1 aromatic rings. The molecule has 0 radical (unpaired) electrons. The van der Waals surface area contributed by atoms with Gasteiger partial charge in [-0.25, -0.2) is 0 Å². The van der Waals surface area contributed by atoms with Gasteiger partial charge in [0.15, 0.2) is 0 Å². The van der Waals surface area contributed by atoms with Crippen LogP contribution < -0.4 is 0 Å². The van der Waals surface area contributed by atoms with Gasteiger partial charge in [-0.15, -0.1) is 0 Å². The van der Waals surface area contributed by atoms with Crippen LogP contribution in [0.3, 0.4) is 0 Å². The van der Waals surface area contributed by atoms with Gasteiger partial charge in [0.2, 0.25) is 0 Å². The topological polar surface area (TPSA) is 9.23 Å². The summed E-state index contributed by atoms with van der Waals surface area (Å²) >= 11 is 1.85. The Bertz CT molecular complexity index is 285. The van der Waals surface area contributed by atoms with Gasteiger partial charge >= 0.3 is 0 Å². The minimum absolute atomic E-state index is 0.319. The van der Waals surface area contributed by atoms with E-state index in [2.05, 4.69) is 30.5 Å². The van der Waals surface area contributed by atoms with Crippen molar-refractivity contribution in [2.24, 2.45) is 0 Å². The number of fused-ring (bicyclic) bond motifs is 1. The quantitative estimate of drug-likeness (QED) is 0.716. The van der Waals surface area contributed by atoms with Crippen molar-refractivity contribution in [3.05, 3.63) is 35.4 Å². The fourth-order valence-electron chi connectivity index (χ4n) is 1.77. The maximum Gasteiger partial charge on any atom is 0.0917 e. The Kier molecular flexibility index (Phi) is 2.91. The summed E-state index contributed by atoms with van der Waals surface area (Å²) in [4.78, 5) is 0. The number of hydrogen-bond donors (Lipinski definition) is 0. The van der Waals surface area contributed by atoms with Crippen LogP contribution in [-0.2, 0) is 11.2 Å². The van der Waals surface area contributed by atoms with Gasteiger partial charge in [0.05, 0.1) is 12.7 Å². The minimum atomic E-state index is 0.319. The van der Waals surface area contributed by atoms with Crippen LogP contribution >= 0.6 is 11.8 Å². The molecule has 1 atom stereocenters. The molecule has 0 fully saturated rings. The van der Waals surface area contributed by atoms with Gasteiger partial charge in [-0.2, -0.15) is 11.8 Å². The molecule has 1 heterocycles. The van der Waals surface area contributed by atoms with Crippen molar-refractivity contribution in [2.45, 2.75) is 12.5 Å². The first-order valence-electron chi connectivity index (χ1n) is 4.60. The lowest BCUT2D eigenvalue weighted by molar-refractivity contribution is 0.0588. The number of ether oxygens (including phenoxy) is 1. The average molecular weight is 194 g/mol. The standard InChI is InChI=1S/C11H14OS/c1-13-8-11-10-5-3-2-4-9(10)6-7-12-11/h2-5,11H,6-8H2,1H3. The lowest BCUT2D eigenvalue weighted by atomic mass is 9.99. The first kappa shape index (κ1) is 9.10. The zero-order chi connectivity index (χ0) is 9.10. The van der Waals surface area contributed by atoms with E-state index in [4.69, 9.17) is 4.74 Å². The summed E-state index contributed by atoms with van der Waals surface area (Å²) in [6.07, 6.45) is 3.52. The van der Waals surface area contributed by atoms with E-state index in [0.717, 1.165) is 18.8 Å². The third kappa shape index (κ3) is 1.89. The van der Waals surface area contributed by atoms with Crippen LogP contribution in [0.15, 0.2) is 24.3 Å². The van der Waals surface area contributed by atoms with Crippen LogP contribution in [0.1, 0.15) is 17.2 Å². The van der Waals surface area contributed by atoms with Gasteiger partial charge in [-0.1, -0.05) is 24.3 Å². The Morgan fingerprint density at radius 1 is 1.46 bits per heavy atom. The number of benzene rings is 1. The predicted octanol–water partition coefficient (Wildman–Crippen LogP) is 2.66. The van der Waals surface area contributed by atoms with Gasteiger partial charge in [0.1, 0.15) is 0 Å². The second-order valence-electron chi connectivity index (χ2n) is 3.26. The highest BCUT2D eigenvalue weighted by atomic mass is 32.2. The van der Waals surface area contributed by atoms with E-state index >= 15 is 0 Å². The Morgan fingerprint density at radius 2 is 2.31 bits per heavy atom. The van der Waals surface area contributed by atoms with Crippen LogP contribution in [-0.4, -0.2) is 18.6 Å². The molecule has 2 heteroatoms. The molecule has 2 rings (SSSR count). The first-order chi connectivity index (χ1) is 6.42. The number of thioether (sulfide) groups is 1. The highest BCUT2D eigenvalue weighted by molar-refractivity contribution is 7.98. The molecule has 0 amide bonds.